The molecule has 0 atom stereocenters. The Morgan fingerprint density at radius 2 is 1.67 bits per heavy atom. The van der Waals surface area contributed by atoms with Crippen molar-refractivity contribution in [3.05, 3.63) is 58.7 Å². The molecular formula is C16H13N3O2. The Labute approximate surface area is 121 Å². The molecular weight excluding hydrogens is 266 g/mol. The van der Waals surface area contributed by atoms with Crippen molar-refractivity contribution in [3.8, 4) is 11.1 Å². The largest absolute Gasteiger partial charge is 0.370 e. The lowest BCUT2D eigenvalue weighted by molar-refractivity contribution is 0.100. The quantitative estimate of drug-likeness (QED) is 0.522. The van der Waals surface area contributed by atoms with E-state index in [2.05, 4.69) is 4.99 Å². The van der Waals surface area contributed by atoms with E-state index in [1.54, 1.807) is 18.2 Å². The first-order chi connectivity index (χ1) is 9.97. The first-order valence-corrected chi connectivity index (χ1v) is 6.41. The molecule has 0 bridgehead atoms. The summed E-state index contributed by atoms with van der Waals surface area (Å²) in [6, 6.07) is 10.6. The van der Waals surface area contributed by atoms with Crippen molar-refractivity contribution in [3.63, 3.8) is 0 Å². The van der Waals surface area contributed by atoms with E-state index >= 15 is 0 Å². The molecule has 104 valence electrons. The summed E-state index contributed by atoms with van der Waals surface area (Å²) in [5, 5.41) is 0. The van der Waals surface area contributed by atoms with Gasteiger partial charge in [-0.1, -0.05) is 29.8 Å². The summed E-state index contributed by atoms with van der Waals surface area (Å²) in [6.07, 6.45) is 0. The topological polar surface area (TPSA) is 98.5 Å². The number of amides is 1. The van der Waals surface area contributed by atoms with Gasteiger partial charge >= 0.3 is 0 Å². The average molecular weight is 279 g/mol. The molecule has 5 heteroatoms. The van der Waals surface area contributed by atoms with Crippen LogP contribution in [0.3, 0.4) is 0 Å². The van der Waals surface area contributed by atoms with E-state index in [0.29, 0.717) is 16.7 Å². The number of hydrogen-bond donors (Lipinski definition) is 2. The molecule has 2 aromatic carbocycles. The summed E-state index contributed by atoms with van der Waals surface area (Å²) >= 11 is 0. The monoisotopic (exact) mass is 279 g/mol. The van der Waals surface area contributed by atoms with Gasteiger partial charge in [-0.2, -0.15) is 4.99 Å². The van der Waals surface area contributed by atoms with Crippen LogP contribution in [0.4, 0.5) is 0 Å². The number of nitrogens with zero attached hydrogens (tertiary/aromatic N) is 1. The number of carbonyl (C=O) groups is 2. The molecule has 0 aromatic heterocycles. The van der Waals surface area contributed by atoms with Crippen molar-refractivity contribution in [2.45, 2.75) is 6.92 Å². The van der Waals surface area contributed by atoms with Gasteiger partial charge in [0, 0.05) is 16.7 Å². The van der Waals surface area contributed by atoms with Crippen LogP contribution in [-0.2, 0) is 0 Å². The Bertz CT molecular complexity index is 818. The highest BCUT2D eigenvalue weighted by Crippen LogP contribution is 2.37. The smallest absolute Gasteiger partial charge is 0.280 e. The van der Waals surface area contributed by atoms with Gasteiger partial charge in [0.25, 0.3) is 5.91 Å². The Morgan fingerprint density at radius 3 is 2.38 bits per heavy atom. The third kappa shape index (κ3) is 2.08. The summed E-state index contributed by atoms with van der Waals surface area (Å²) in [7, 11) is 0. The molecule has 0 fully saturated rings. The molecule has 1 amide bonds. The zero-order chi connectivity index (χ0) is 15.1. The second-order valence-electron chi connectivity index (χ2n) is 4.98. The predicted octanol–water partition coefficient (Wildman–Crippen LogP) is 1.62. The van der Waals surface area contributed by atoms with E-state index in [4.69, 9.17) is 11.5 Å². The lowest BCUT2D eigenvalue weighted by Crippen LogP contribution is -2.24. The van der Waals surface area contributed by atoms with Gasteiger partial charge in [-0.05, 0) is 30.2 Å². The molecule has 4 N–H and O–H groups in total. The Kier molecular flexibility index (Phi) is 2.83. The lowest BCUT2D eigenvalue weighted by Gasteiger charge is -2.02. The van der Waals surface area contributed by atoms with Crippen molar-refractivity contribution < 1.29 is 9.59 Å². The molecule has 21 heavy (non-hydrogen) atoms. The van der Waals surface area contributed by atoms with Crippen molar-refractivity contribution in [1.29, 1.82) is 0 Å². The molecule has 3 rings (SSSR count). The van der Waals surface area contributed by atoms with Crippen molar-refractivity contribution in [1.82, 2.24) is 0 Å². The first kappa shape index (κ1) is 13.1. The van der Waals surface area contributed by atoms with E-state index < -0.39 is 5.91 Å². The number of fused-ring (bicyclic) bond motifs is 3. The number of guanidine groups is 1. The molecule has 0 heterocycles. The van der Waals surface area contributed by atoms with E-state index in [-0.39, 0.29) is 11.7 Å². The third-order valence-electron chi connectivity index (χ3n) is 3.45. The van der Waals surface area contributed by atoms with Crippen LogP contribution in [0.15, 0.2) is 41.4 Å². The average Bonchev–Trinajstić information content (AvgIpc) is 2.71. The van der Waals surface area contributed by atoms with Crippen LogP contribution in [0.2, 0.25) is 0 Å². The molecule has 0 saturated heterocycles. The molecule has 1 aliphatic rings. The van der Waals surface area contributed by atoms with E-state index in [1.165, 1.54) is 0 Å². The Hall–Kier alpha value is -2.95. The number of aryl methyl sites for hydroxylation is 1. The summed E-state index contributed by atoms with van der Waals surface area (Å²) in [5.74, 6) is -0.942. The second-order valence-corrected chi connectivity index (χ2v) is 4.98. The number of ketones is 1. The number of benzene rings is 2. The van der Waals surface area contributed by atoms with Crippen LogP contribution in [0.1, 0.15) is 31.8 Å². The zero-order valence-electron chi connectivity index (χ0n) is 11.4. The highest BCUT2D eigenvalue weighted by molar-refractivity contribution is 6.22. The Morgan fingerprint density at radius 1 is 0.952 bits per heavy atom. The van der Waals surface area contributed by atoms with Gasteiger partial charge in [-0.3, -0.25) is 9.59 Å². The highest BCUT2D eigenvalue weighted by Gasteiger charge is 2.27. The van der Waals surface area contributed by atoms with Crippen LogP contribution in [-0.4, -0.2) is 17.6 Å². The number of hydrogen-bond acceptors (Lipinski definition) is 2. The second kappa shape index (κ2) is 4.56. The SMILES string of the molecule is Cc1ccc2c(c1)-c1ccc(C(=O)N=C(N)N)cc1C2=O. The minimum absolute atomic E-state index is 0.0839. The number of nitrogens with two attached hydrogens (primary N) is 2. The highest BCUT2D eigenvalue weighted by atomic mass is 16.1. The maximum atomic E-state index is 12.4. The summed E-state index contributed by atoms with van der Waals surface area (Å²) < 4.78 is 0. The minimum Gasteiger partial charge on any atom is -0.370 e. The minimum atomic E-state index is -0.558. The van der Waals surface area contributed by atoms with Crippen LogP contribution in [0.5, 0.6) is 0 Å². The molecule has 0 saturated carbocycles. The van der Waals surface area contributed by atoms with Gasteiger partial charge in [-0.25, -0.2) is 0 Å². The number of rotatable bonds is 1. The number of carbonyl (C=O) groups excluding carboxylic acids is 2. The first-order valence-electron chi connectivity index (χ1n) is 6.41. The van der Waals surface area contributed by atoms with Gasteiger partial charge in [0.15, 0.2) is 11.7 Å². The maximum Gasteiger partial charge on any atom is 0.280 e. The van der Waals surface area contributed by atoms with Crippen molar-refractivity contribution in [2.75, 3.05) is 0 Å². The molecule has 0 unspecified atom stereocenters. The predicted molar refractivity (Wildman–Crippen MR) is 80.2 cm³/mol. The molecule has 0 spiro atoms. The van der Waals surface area contributed by atoms with E-state index in [9.17, 15) is 9.59 Å². The fraction of sp³-hybridized carbons (Fsp3) is 0.0625. The standard InChI is InChI=1S/C16H13N3O2/c1-8-2-4-11-12(6-8)10-5-3-9(7-13(10)14(11)20)15(21)19-16(17)18/h2-7H,1H3,(H4,17,18,19,21). The fourth-order valence-electron chi connectivity index (χ4n) is 2.51. The van der Waals surface area contributed by atoms with Crippen LogP contribution < -0.4 is 11.5 Å². The lowest BCUT2D eigenvalue weighted by atomic mass is 10.0. The van der Waals surface area contributed by atoms with Crippen molar-refractivity contribution in [2.24, 2.45) is 16.5 Å². The molecule has 1 aliphatic carbocycles. The van der Waals surface area contributed by atoms with Gasteiger partial charge in [0.05, 0.1) is 0 Å². The molecule has 5 nitrogen and oxygen atoms in total. The zero-order valence-corrected chi connectivity index (χ0v) is 11.4. The molecule has 0 radical (unpaired) electrons. The summed E-state index contributed by atoms with van der Waals surface area (Å²) in [5.41, 5.74) is 14.7. The van der Waals surface area contributed by atoms with Gasteiger partial charge in [0.1, 0.15) is 0 Å². The summed E-state index contributed by atoms with van der Waals surface area (Å²) in [4.78, 5) is 27.7. The Balaban J connectivity index is 2.13. The van der Waals surface area contributed by atoms with Gasteiger partial charge in [-0.15, -0.1) is 0 Å². The summed E-state index contributed by atoms with van der Waals surface area (Å²) in [6.45, 7) is 1.97. The molecule has 0 aliphatic heterocycles. The van der Waals surface area contributed by atoms with Crippen LogP contribution >= 0.6 is 0 Å². The maximum absolute atomic E-state index is 12.4. The van der Waals surface area contributed by atoms with E-state index in [1.807, 2.05) is 25.1 Å². The van der Waals surface area contributed by atoms with Crippen molar-refractivity contribution >= 4 is 17.6 Å². The number of aliphatic imine (C=N–C) groups is 1. The third-order valence-corrected chi connectivity index (χ3v) is 3.45. The molecule has 2 aromatic rings. The normalized spacial score (nSPS) is 11.8. The van der Waals surface area contributed by atoms with E-state index in [0.717, 1.165) is 16.7 Å². The van der Waals surface area contributed by atoms with Gasteiger partial charge in [0.2, 0.25) is 0 Å². The van der Waals surface area contributed by atoms with Crippen LogP contribution in [0, 0.1) is 6.92 Å². The van der Waals surface area contributed by atoms with Crippen LogP contribution in [0.25, 0.3) is 11.1 Å². The fourth-order valence-corrected chi connectivity index (χ4v) is 2.51. The van der Waals surface area contributed by atoms with Gasteiger partial charge < -0.3 is 11.5 Å².